The van der Waals surface area contributed by atoms with Gasteiger partial charge in [-0.15, -0.1) is 0 Å². The average molecular weight is 316 g/mol. The molecule has 0 bridgehead atoms. The van der Waals surface area contributed by atoms with Crippen LogP contribution in [0.3, 0.4) is 0 Å². The fourth-order valence-corrected chi connectivity index (χ4v) is 2.39. The minimum atomic E-state index is -0.916. The molecular weight excluding hydrogens is 301 g/mol. The summed E-state index contributed by atoms with van der Waals surface area (Å²) in [5.74, 6) is -1.51. The minimum Gasteiger partial charge on any atom is -0.482 e. The van der Waals surface area contributed by atoms with E-state index in [0.717, 1.165) is 6.07 Å². The van der Waals surface area contributed by atoms with E-state index in [4.69, 9.17) is 21.4 Å². The maximum absolute atomic E-state index is 12.9. The maximum Gasteiger partial charge on any atom is 0.311 e. The highest BCUT2D eigenvalue weighted by atomic mass is 35.5. The van der Waals surface area contributed by atoms with Crippen LogP contribution in [0.5, 0.6) is 5.75 Å². The lowest BCUT2D eigenvalue weighted by Gasteiger charge is -2.20. The molecule has 1 atom stereocenters. The molecule has 0 radical (unpaired) electrons. The van der Waals surface area contributed by atoms with Gasteiger partial charge in [-0.05, 0) is 31.5 Å². The zero-order valence-corrected chi connectivity index (χ0v) is 12.2. The van der Waals surface area contributed by atoms with Crippen LogP contribution >= 0.6 is 11.6 Å². The first kappa shape index (κ1) is 15.6. The molecule has 1 N–H and O–H groups in total. The normalized spacial score (nSPS) is 21.4. The molecule has 1 aliphatic rings. The lowest BCUT2D eigenvalue weighted by Crippen LogP contribution is -2.37. The van der Waals surface area contributed by atoms with Crippen LogP contribution in [0.1, 0.15) is 13.3 Å². The highest BCUT2D eigenvalue weighted by molar-refractivity contribution is 6.32. The number of benzene rings is 1. The maximum atomic E-state index is 12.9. The molecule has 0 spiro atoms. The molecule has 7 heteroatoms. The number of ether oxygens (including phenoxy) is 1. The van der Waals surface area contributed by atoms with Crippen LogP contribution in [-0.4, -0.2) is 41.6 Å². The van der Waals surface area contributed by atoms with Crippen molar-refractivity contribution in [2.45, 2.75) is 13.3 Å². The van der Waals surface area contributed by atoms with Crippen LogP contribution in [0.2, 0.25) is 5.02 Å². The van der Waals surface area contributed by atoms with Crippen molar-refractivity contribution in [3.63, 3.8) is 0 Å². The highest BCUT2D eigenvalue weighted by Gasteiger charge is 2.42. The van der Waals surface area contributed by atoms with Crippen LogP contribution in [0, 0.1) is 11.2 Å². The zero-order chi connectivity index (χ0) is 15.6. The van der Waals surface area contributed by atoms with Gasteiger partial charge in [-0.1, -0.05) is 11.6 Å². The Bertz CT molecular complexity index is 580. The molecule has 0 aromatic heterocycles. The second-order valence-corrected chi connectivity index (χ2v) is 5.70. The number of carboxylic acid groups (broad SMARTS) is 1. The van der Waals surface area contributed by atoms with Crippen molar-refractivity contribution in [2.24, 2.45) is 5.41 Å². The summed E-state index contributed by atoms with van der Waals surface area (Å²) in [4.78, 5) is 24.6. The molecule has 1 heterocycles. The molecule has 1 amide bonds. The summed E-state index contributed by atoms with van der Waals surface area (Å²) in [6.45, 7) is 1.88. The number of likely N-dealkylation sites (tertiary alicyclic amines) is 1. The number of nitrogens with zero attached hydrogens (tertiary/aromatic N) is 1. The summed E-state index contributed by atoms with van der Waals surface area (Å²) < 4.78 is 18.1. The van der Waals surface area contributed by atoms with Crippen molar-refractivity contribution in [2.75, 3.05) is 19.7 Å². The molecule has 5 nitrogen and oxygen atoms in total. The number of halogens is 2. The van der Waals surface area contributed by atoms with Gasteiger partial charge in [0.05, 0.1) is 10.4 Å². The van der Waals surface area contributed by atoms with Gasteiger partial charge in [0.2, 0.25) is 0 Å². The van der Waals surface area contributed by atoms with Gasteiger partial charge in [0, 0.05) is 13.1 Å². The van der Waals surface area contributed by atoms with E-state index in [1.54, 1.807) is 6.92 Å². The van der Waals surface area contributed by atoms with E-state index in [0.29, 0.717) is 13.0 Å². The van der Waals surface area contributed by atoms with Gasteiger partial charge in [-0.2, -0.15) is 0 Å². The largest absolute Gasteiger partial charge is 0.482 e. The fourth-order valence-electron chi connectivity index (χ4n) is 2.17. The van der Waals surface area contributed by atoms with Crippen LogP contribution in [0.15, 0.2) is 18.2 Å². The second-order valence-electron chi connectivity index (χ2n) is 5.29. The topological polar surface area (TPSA) is 66.8 Å². The summed E-state index contributed by atoms with van der Waals surface area (Å²) in [5, 5.41) is 9.20. The average Bonchev–Trinajstić information content (AvgIpc) is 2.82. The number of hydrogen-bond donors (Lipinski definition) is 1. The number of rotatable bonds is 4. The molecule has 1 fully saturated rings. The lowest BCUT2D eigenvalue weighted by atomic mass is 9.90. The summed E-state index contributed by atoms with van der Waals surface area (Å²) in [5.41, 5.74) is -0.914. The summed E-state index contributed by atoms with van der Waals surface area (Å²) in [6.07, 6.45) is 0.408. The standard InChI is InChI=1S/C14H15ClFNO4/c1-14(13(19)20)4-5-17(8-14)12(18)7-21-11-3-2-9(16)6-10(11)15/h2-3,6H,4-5,7-8H2,1H3,(H,19,20)/t14-/m0/s1. The Hall–Kier alpha value is -1.82. The molecule has 21 heavy (non-hydrogen) atoms. The predicted molar refractivity (Wildman–Crippen MR) is 73.8 cm³/mol. The molecule has 1 aromatic carbocycles. The fraction of sp³-hybridized carbons (Fsp3) is 0.429. The Labute approximate surface area is 126 Å². The molecule has 1 aromatic rings. The summed E-state index contributed by atoms with van der Waals surface area (Å²) in [7, 11) is 0. The van der Waals surface area contributed by atoms with E-state index in [-0.39, 0.29) is 29.8 Å². The quantitative estimate of drug-likeness (QED) is 0.925. The Kier molecular flexibility index (Phi) is 4.37. The van der Waals surface area contributed by atoms with E-state index < -0.39 is 17.2 Å². The lowest BCUT2D eigenvalue weighted by molar-refractivity contribution is -0.147. The molecule has 1 aliphatic heterocycles. The number of carboxylic acids is 1. The van der Waals surface area contributed by atoms with Crippen LogP contribution in [0.25, 0.3) is 0 Å². The van der Waals surface area contributed by atoms with Crippen molar-refractivity contribution in [1.82, 2.24) is 4.90 Å². The van der Waals surface area contributed by atoms with Gasteiger partial charge >= 0.3 is 5.97 Å². The van der Waals surface area contributed by atoms with E-state index in [9.17, 15) is 14.0 Å². The van der Waals surface area contributed by atoms with Gasteiger partial charge in [0.25, 0.3) is 5.91 Å². The molecule has 0 aliphatic carbocycles. The number of aliphatic carboxylic acids is 1. The zero-order valence-electron chi connectivity index (χ0n) is 11.4. The van der Waals surface area contributed by atoms with Crippen molar-refractivity contribution in [1.29, 1.82) is 0 Å². The molecule has 2 rings (SSSR count). The third kappa shape index (κ3) is 3.44. The van der Waals surface area contributed by atoms with Crippen LogP contribution in [-0.2, 0) is 9.59 Å². The van der Waals surface area contributed by atoms with Crippen LogP contribution in [0.4, 0.5) is 4.39 Å². The first-order chi connectivity index (χ1) is 9.82. The molecule has 114 valence electrons. The van der Waals surface area contributed by atoms with E-state index in [2.05, 4.69) is 0 Å². The SMILES string of the molecule is C[C@]1(C(=O)O)CCN(C(=O)COc2ccc(F)cc2Cl)C1. The third-order valence-electron chi connectivity index (χ3n) is 3.59. The van der Waals surface area contributed by atoms with Gasteiger partial charge < -0.3 is 14.7 Å². The van der Waals surface area contributed by atoms with Gasteiger partial charge in [-0.3, -0.25) is 9.59 Å². The molecule has 1 saturated heterocycles. The van der Waals surface area contributed by atoms with Gasteiger partial charge in [-0.25, -0.2) is 4.39 Å². The van der Waals surface area contributed by atoms with Gasteiger partial charge in [0.1, 0.15) is 11.6 Å². The monoisotopic (exact) mass is 315 g/mol. The smallest absolute Gasteiger partial charge is 0.311 e. The predicted octanol–water partition coefficient (Wildman–Crippen LogP) is 2.18. The summed E-state index contributed by atoms with van der Waals surface area (Å²) >= 11 is 5.79. The summed E-state index contributed by atoms with van der Waals surface area (Å²) in [6, 6.07) is 3.62. The highest BCUT2D eigenvalue weighted by Crippen LogP contribution is 2.30. The number of carbonyl (C=O) groups excluding carboxylic acids is 1. The number of carbonyl (C=O) groups is 2. The molecular formula is C14H15ClFNO4. The Balaban J connectivity index is 1.93. The Morgan fingerprint density at radius 2 is 2.24 bits per heavy atom. The third-order valence-corrected chi connectivity index (χ3v) is 3.88. The van der Waals surface area contributed by atoms with Gasteiger partial charge in [0.15, 0.2) is 6.61 Å². The van der Waals surface area contributed by atoms with E-state index in [1.807, 2.05) is 0 Å². The Morgan fingerprint density at radius 3 is 2.81 bits per heavy atom. The second kappa shape index (κ2) is 5.89. The molecule has 0 unspecified atom stereocenters. The van der Waals surface area contributed by atoms with Crippen LogP contribution < -0.4 is 4.74 Å². The van der Waals surface area contributed by atoms with Crippen molar-refractivity contribution < 1.29 is 23.8 Å². The van der Waals surface area contributed by atoms with Crippen molar-refractivity contribution >= 4 is 23.5 Å². The minimum absolute atomic E-state index is 0.0830. The first-order valence-corrected chi connectivity index (χ1v) is 6.79. The Morgan fingerprint density at radius 1 is 1.52 bits per heavy atom. The molecule has 0 saturated carbocycles. The first-order valence-electron chi connectivity index (χ1n) is 6.41. The number of amides is 1. The van der Waals surface area contributed by atoms with E-state index >= 15 is 0 Å². The number of hydrogen-bond acceptors (Lipinski definition) is 3. The van der Waals surface area contributed by atoms with Crippen molar-refractivity contribution in [3.05, 3.63) is 29.0 Å². The van der Waals surface area contributed by atoms with Crippen molar-refractivity contribution in [3.8, 4) is 5.75 Å². The van der Waals surface area contributed by atoms with E-state index in [1.165, 1.54) is 17.0 Å².